The third kappa shape index (κ3) is 3.72. The summed E-state index contributed by atoms with van der Waals surface area (Å²) in [5.41, 5.74) is 2.84. The fraction of sp³-hybridized carbons (Fsp3) is 0.200. The predicted molar refractivity (Wildman–Crippen MR) is 141 cm³/mol. The fourth-order valence-electron chi connectivity index (χ4n) is 6.18. The number of allylic oxidation sites excluding steroid dienone is 3. The van der Waals surface area contributed by atoms with Crippen molar-refractivity contribution in [2.24, 2.45) is 23.7 Å². The maximum atomic E-state index is 13.8. The molecule has 4 atom stereocenters. The van der Waals surface area contributed by atoms with Gasteiger partial charge in [0.15, 0.2) is 0 Å². The number of nitro benzene ring substituents is 1. The summed E-state index contributed by atoms with van der Waals surface area (Å²) in [5.74, 6) is -2.62. The Kier molecular flexibility index (Phi) is 5.79. The molecular weight excluding hydrogens is 503 g/mol. The molecule has 6 rings (SSSR count). The van der Waals surface area contributed by atoms with Crippen molar-refractivity contribution < 1.29 is 28.4 Å². The number of halogens is 1. The Morgan fingerprint density at radius 3 is 1.74 bits per heavy atom. The van der Waals surface area contributed by atoms with Crippen molar-refractivity contribution >= 4 is 28.8 Å². The molecule has 3 aromatic carbocycles. The largest absolute Gasteiger partial charge is 0.497 e. The number of anilines is 1. The van der Waals surface area contributed by atoms with E-state index < -0.39 is 40.1 Å². The molecule has 3 aliphatic rings. The predicted octanol–water partition coefficient (Wildman–Crippen LogP) is 5.17. The standard InChI is InChI=1S/C30H23FN2O6/c1-38-19-8-3-16(4-9-19)25(17-5-10-20(39-2)11-6-17)26-21-12-13-22(26)28-27(21)29(34)32(30(28)35)23-14-7-18(31)15-24(23)33(36)37/h3-15,21-22,27-28H,1-2H3. The molecule has 0 spiro atoms. The number of benzene rings is 3. The Hall–Kier alpha value is -4.79. The Morgan fingerprint density at radius 2 is 1.31 bits per heavy atom. The van der Waals surface area contributed by atoms with Gasteiger partial charge < -0.3 is 9.47 Å². The molecule has 3 aromatic rings. The zero-order valence-electron chi connectivity index (χ0n) is 21.0. The molecule has 8 nitrogen and oxygen atoms in total. The molecule has 0 N–H and O–H groups in total. The number of carbonyl (C=O) groups is 2. The van der Waals surface area contributed by atoms with Gasteiger partial charge in [0.2, 0.25) is 11.8 Å². The van der Waals surface area contributed by atoms with Gasteiger partial charge in [-0.2, -0.15) is 0 Å². The van der Waals surface area contributed by atoms with Gasteiger partial charge in [-0.05, 0) is 58.7 Å². The van der Waals surface area contributed by atoms with Crippen molar-refractivity contribution in [3.05, 3.63) is 112 Å². The van der Waals surface area contributed by atoms with Gasteiger partial charge in [-0.3, -0.25) is 19.7 Å². The molecule has 1 heterocycles. The van der Waals surface area contributed by atoms with E-state index >= 15 is 0 Å². The van der Waals surface area contributed by atoms with Crippen LogP contribution in [0.15, 0.2) is 84.5 Å². The van der Waals surface area contributed by atoms with Gasteiger partial charge in [0, 0.05) is 11.8 Å². The molecule has 2 fully saturated rings. The maximum absolute atomic E-state index is 13.8. The van der Waals surface area contributed by atoms with E-state index in [1.54, 1.807) is 14.2 Å². The molecule has 9 heteroatoms. The van der Waals surface area contributed by atoms with Gasteiger partial charge in [-0.25, -0.2) is 9.29 Å². The summed E-state index contributed by atoms with van der Waals surface area (Å²) in [5, 5.41) is 11.6. The summed E-state index contributed by atoms with van der Waals surface area (Å²) >= 11 is 0. The summed E-state index contributed by atoms with van der Waals surface area (Å²) in [6.45, 7) is 0. The Bertz CT molecular complexity index is 1490. The third-order valence-electron chi connectivity index (χ3n) is 7.84. The van der Waals surface area contributed by atoms with Crippen LogP contribution < -0.4 is 14.4 Å². The number of methoxy groups -OCH3 is 2. The van der Waals surface area contributed by atoms with Crippen molar-refractivity contribution in [3.63, 3.8) is 0 Å². The first-order chi connectivity index (χ1) is 18.8. The average molecular weight is 527 g/mol. The molecule has 1 aliphatic heterocycles. The molecule has 0 aromatic heterocycles. The first kappa shape index (κ1) is 24.5. The first-order valence-corrected chi connectivity index (χ1v) is 12.4. The molecule has 2 aliphatic carbocycles. The number of rotatable bonds is 6. The van der Waals surface area contributed by atoms with Gasteiger partial charge in [0.25, 0.3) is 5.69 Å². The highest BCUT2D eigenvalue weighted by Crippen LogP contribution is 2.59. The Labute approximate surface area is 223 Å². The minimum absolute atomic E-state index is 0.207. The summed E-state index contributed by atoms with van der Waals surface area (Å²) < 4.78 is 24.4. The first-order valence-electron chi connectivity index (χ1n) is 12.4. The summed E-state index contributed by atoms with van der Waals surface area (Å²) in [6, 6.07) is 18.1. The van der Waals surface area contributed by atoms with E-state index in [1.165, 1.54) is 0 Å². The van der Waals surface area contributed by atoms with Crippen LogP contribution in [0.5, 0.6) is 11.5 Å². The number of nitrogens with zero attached hydrogens (tertiary/aromatic N) is 2. The van der Waals surface area contributed by atoms with Gasteiger partial charge >= 0.3 is 0 Å². The summed E-state index contributed by atoms with van der Waals surface area (Å²) in [7, 11) is 3.18. The lowest BCUT2D eigenvalue weighted by molar-refractivity contribution is -0.384. The van der Waals surface area contributed by atoms with Crippen molar-refractivity contribution in [1.29, 1.82) is 0 Å². The molecule has 2 bridgehead atoms. The fourth-order valence-corrected chi connectivity index (χ4v) is 6.18. The number of fused-ring (bicyclic) bond motifs is 5. The highest BCUT2D eigenvalue weighted by Gasteiger charge is 2.63. The smallest absolute Gasteiger partial charge is 0.296 e. The molecule has 0 radical (unpaired) electrons. The molecule has 39 heavy (non-hydrogen) atoms. The van der Waals surface area contributed by atoms with Crippen LogP contribution in [0.3, 0.4) is 0 Å². The second-order valence-electron chi connectivity index (χ2n) is 9.68. The summed E-state index contributed by atoms with van der Waals surface area (Å²) in [6.07, 6.45) is 3.89. The number of nitro groups is 1. The number of carbonyl (C=O) groups excluding carboxylic acids is 2. The highest BCUT2D eigenvalue weighted by atomic mass is 19.1. The lowest BCUT2D eigenvalue weighted by Gasteiger charge is -2.21. The molecule has 1 saturated heterocycles. The van der Waals surface area contributed by atoms with E-state index in [4.69, 9.17) is 9.47 Å². The number of ether oxygens (including phenoxy) is 2. The van der Waals surface area contributed by atoms with Crippen molar-refractivity contribution in [2.45, 2.75) is 0 Å². The third-order valence-corrected chi connectivity index (χ3v) is 7.84. The lowest BCUT2D eigenvalue weighted by Crippen LogP contribution is -2.33. The van der Waals surface area contributed by atoms with Crippen LogP contribution >= 0.6 is 0 Å². The normalized spacial score (nSPS) is 22.8. The van der Waals surface area contributed by atoms with Crippen LogP contribution in [0.2, 0.25) is 0 Å². The molecule has 2 amide bonds. The number of hydrogen-bond acceptors (Lipinski definition) is 6. The average Bonchev–Trinajstić information content (AvgIpc) is 3.58. The van der Waals surface area contributed by atoms with E-state index in [1.807, 2.05) is 60.7 Å². The molecule has 1 saturated carbocycles. The van der Waals surface area contributed by atoms with E-state index in [-0.39, 0.29) is 17.5 Å². The van der Waals surface area contributed by atoms with E-state index in [0.29, 0.717) is 11.5 Å². The lowest BCUT2D eigenvalue weighted by atomic mass is 9.85. The maximum Gasteiger partial charge on any atom is 0.296 e. The Balaban J connectivity index is 1.47. The number of amides is 2. The topological polar surface area (TPSA) is 99.0 Å². The van der Waals surface area contributed by atoms with Gasteiger partial charge in [0.1, 0.15) is 23.0 Å². The van der Waals surface area contributed by atoms with Crippen molar-refractivity contribution in [2.75, 3.05) is 19.1 Å². The molecular formula is C30H23FN2O6. The van der Waals surface area contributed by atoms with Crippen molar-refractivity contribution in [1.82, 2.24) is 0 Å². The second kappa shape index (κ2) is 9.20. The van der Waals surface area contributed by atoms with Crippen LogP contribution in [0.1, 0.15) is 11.1 Å². The SMILES string of the molecule is COc1ccc(C(=C2C3C=CC2C2C(=O)N(c4ccc(F)cc4[N+](=O)[O-])C(=O)C32)c2ccc(OC)cc2)cc1. The van der Waals surface area contributed by atoms with Crippen LogP contribution in [0.4, 0.5) is 15.8 Å². The minimum atomic E-state index is -0.819. The monoisotopic (exact) mass is 526 g/mol. The van der Waals surface area contributed by atoms with Gasteiger partial charge in [-0.1, -0.05) is 36.4 Å². The van der Waals surface area contributed by atoms with Crippen LogP contribution in [-0.4, -0.2) is 31.0 Å². The van der Waals surface area contributed by atoms with Gasteiger partial charge in [0.05, 0.1) is 37.0 Å². The number of hydrogen-bond donors (Lipinski definition) is 0. The zero-order valence-corrected chi connectivity index (χ0v) is 21.0. The van der Waals surface area contributed by atoms with Crippen LogP contribution in [-0.2, 0) is 9.59 Å². The molecule has 4 unspecified atom stereocenters. The summed E-state index contributed by atoms with van der Waals surface area (Å²) in [4.78, 5) is 39.2. The van der Waals surface area contributed by atoms with E-state index in [2.05, 4.69) is 0 Å². The molecule has 196 valence electrons. The zero-order chi connectivity index (χ0) is 27.4. The second-order valence-corrected chi connectivity index (χ2v) is 9.68. The van der Waals surface area contributed by atoms with Crippen LogP contribution in [0, 0.1) is 39.6 Å². The van der Waals surface area contributed by atoms with Crippen molar-refractivity contribution in [3.8, 4) is 11.5 Å². The van der Waals surface area contributed by atoms with E-state index in [9.17, 15) is 24.1 Å². The van der Waals surface area contributed by atoms with Crippen LogP contribution in [0.25, 0.3) is 5.57 Å². The highest BCUT2D eigenvalue weighted by molar-refractivity contribution is 6.24. The minimum Gasteiger partial charge on any atom is -0.497 e. The number of imide groups is 1. The van der Waals surface area contributed by atoms with Gasteiger partial charge in [-0.15, -0.1) is 0 Å². The van der Waals surface area contributed by atoms with E-state index in [0.717, 1.165) is 45.4 Å². The quantitative estimate of drug-likeness (QED) is 0.190. The Morgan fingerprint density at radius 1 is 0.821 bits per heavy atom.